The van der Waals surface area contributed by atoms with Crippen molar-refractivity contribution in [3.63, 3.8) is 0 Å². The van der Waals surface area contributed by atoms with Gasteiger partial charge in [-0.05, 0) is 12.1 Å². The van der Waals surface area contributed by atoms with Gasteiger partial charge in [0, 0.05) is 22.4 Å². The summed E-state index contributed by atoms with van der Waals surface area (Å²) in [4.78, 5) is 0. The molecule has 0 spiro atoms. The monoisotopic (exact) mass is 270 g/mol. The van der Waals surface area contributed by atoms with Crippen LogP contribution in [0.4, 0.5) is 0 Å². The summed E-state index contributed by atoms with van der Waals surface area (Å²) in [6.07, 6.45) is 2.25. The second kappa shape index (κ2) is 5.02. The largest absolute Gasteiger partial charge is 0.213 e. The molecule has 0 unspecified atom stereocenters. The lowest BCUT2D eigenvalue weighted by Gasteiger charge is -2.05. The van der Waals surface area contributed by atoms with E-state index in [1.807, 2.05) is 0 Å². The number of pyridine rings is 1. The Bertz CT molecular complexity index is 910. The van der Waals surface area contributed by atoms with Crippen LogP contribution in [0.5, 0.6) is 0 Å². The molecule has 1 aromatic heterocycles. The first-order valence-electron chi connectivity index (χ1n) is 7.26. The Kier molecular flexibility index (Phi) is 2.89. The van der Waals surface area contributed by atoms with E-state index in [2.05, 4.69) is 89.6 Å². The van der Waals surface area contributed by atoms with Crippen LogP contribution in [0.1, 0.15) is 5.56 Å². The van der Waals surface area contributed by atoms with Gasteiger partial charge in [0.15, 0.2) is 12.7 Å². The highest BCUT2D eigenvalue weighted by atomic mass is 14.9. The SMILES string of the molecule is c1ccc(C[n+]2cc3ccccc3c3ccccc32)cc1. The van der Waals surface area contributed by atoms with Crippen LogP contribution in [-0.4, -0.2) is 0 Å². The van der Waals surface area contributed by atoms with Gasteiger partial charge in [0.1, 0.15) is 0 Å². The van der Waals surface area contributed by atoms with Gasteiger partial charge in [-0.2, -0.15) is 4.57 Å². The summed E-state index contributed by atoms with van der Waals surface area (Å²) in [5.41, 5.74) is 2.60. The zero-order valence-electron chi connectivity index (χ0n) is 11.7. The third-order valence-corrected chi connectivity index (χ3v) is 3.96. The van der Waals surface area contributed by atoms with E-state index in [4.69, 9.17) is 0 Å². The number of hydrogen-bond donors (Lipinski definition) is 0. The lowest BCUT2D eigenvalue weighted by Crippen LogP contribution is -2.34. The van der Waals surface area contributed by atoms with E-state index in [0.717, 1.165) is 6.54 Å². The first-order chi connectivity index (χ1) is 10.4. The van der Waals surface area contributed by atoms with Crippen LogP contribution in [0.25, 0.3) is 21.7 Å². The van der Waals surface area contributed by atoms with E-state index in [9.17, 15) is 0 Å². The van der Waals surface area contributed by atoms with Crippen LogP contribution in [0.15, 0.2) is 85.1 Å². The molecule has 0 bridgehead atoms. The predicted octanol–water partition coefficient (Wildman–Crippen LogP) is 4.33. The Morgan fingerprint density at radius 1 is 0.619 bits per heavy atom. The summed E-state index contributed by atoms with van der Waals surface area (Å²) < 4.78 is 2.34. The summed E-state index contributed by atoms with van der Waals surface area (Å²) in [6.45, 7) is 0.895. The molecule has 4 rings (SSSR count). The third kappa shape index (κ3) is 2.17. The quantitative estimate of drug-likeness (QED) is 0.377. The minimum atomic E-state index is 0.895. The van der Waals surface area contributed by atoms with Gasteiger partial charge in [-0.25, -0.2) is 0 Å². The summed E-state index contributed by atoms with van der Waals surface area (Å²) in [6, 6.07) is 27.8. The number of benzene rings is 3. The Balaban J connectivity index is 1.98. The van der Waals surface area contributed by atoms with Crippen molar-refractivity contribution >= 4 is 21.7 Å². The number of fused-ring (bicyclic) bond motifs is 3. The van der Waals surface area contributed by atoms with Crippen molar-refractivity contribution < 1.29 is 4.57 Å². The molecule has 4 aromatic rings. The highest BCUT2D eigenvalue weighted by Crippen LogP contribution is 2.22. The molecule has 21 heavy (non-hydrogen) atoms. The van der Waals surface area contributed by atoms with Gasteiger partial charge in [-0.3, -0.25) is 0 Å². The zero-order chi connectivity index (χ0) is 14.1. The van der Waals surface area contributed by atoms with Gasteiger partial charge in [0.25, 0.3) is 0 Å². The van der Waals surface area contributed by atoms with E-state index < -0.39 is 0 Å². The van der Waals surface area contributed by atoms with Crippen molar-refractivity contribution in [1.29, 1.82) is 0 Å². The molecular formula is C20H16N+. The number of aromatic nitrogens is 1. The zero-order valence-corrected chi connectivity index (χ0v) is 11.7. The van der Waals surface area contributed by atoms with Crippen LogP contribution in [0.3, 0.4) is 0 Å². The van der Waals surface area contributed by atoms with E-state index in [-0.39, 0.29) is 0 Å². The molecule has 0 aliphatic heterocycles. The Labute approximate surface area is 124 Å². The van der Waals surface area contributed by atoms with Crippen molar-refractivity contribution in [2.45, 2.75) is 6.54 Å². The van der Waals surface area contributed by atoms with Crippen molar-refractivity contribution in [3.8, 4) is 0 Å². The molecule has 1 nitrogen and oxygen atoms in total. The van der Waals surface area contributed by atoms with Crippen molar-refractivity contribution in [1.82, 2.24) is 0 Å². The van der Waals surface area contributed by atoms with Gasteiger partial charge < -0.3 is 0 Å². The minimum absolute atomic E-state index is 0.895. The van der Waals surface area contributed by atoms with Gasteiger partial charge >= 0.3 is 0 Å². The number of hydrogen-bond acceptors (Lipinski definition) is 0. The fraction of sp³-hybridized carbons (Fsp3) is 0.0500. The maximum Gasteiger partial charge on any atom is 0.213 e. The van der Waals surface area contributed by atoms with E-state index in [1.54, 1.807) is 0 Å². The van der Waals surface area contributed by atoms with Crippen molar-refractivity contribution in [2.24, 2.45) is 0 Å². The summed E-state index contributed by atoms with van der Waals surface area (Å²) in [7, 11) is 0. The molecule has 0 atom stereocenters. The lowest BCUT2D eigenvalue weighted by atomic mass is 10.1. The second-order valence-electron chi connectivity index (χ2n) is 5.35. The standard InChI is InChI=1S/C20H16N/c1-2-8-16(9-3-1)14-21-15-17-10-4-5-11-18(17)19-12-6-7-13-20(19)21/h1-13,15H,14H2/q+1. The normalized spacial score (nSPS) is 11.0. The van der Waals surface area contributed by atoms with Crippen LogP contribution in [0, 0.1) is 0 Å². The van der Waals surface area contributed by atoms with Crippen LogP contribution >= 0.6 is 0 Å². The molecule has 0 radical (unpaired) electrons. The number of para-hydroxylation sites is 1. The molecule has 1 heterocycles. The maximum absolute atomic E-state index is 2.34. The molecule has 100 valence electrons. The molecule has 0 aliphatic carbocycles. The summed E-state index contributed by atoms with van der Waals surface area (Å²) in [5, 5.41) is 3.91. The van der Waals surface area contributed by atoms with Crippen LogP contribution in [0.2, 0.25) is 0 Å². The van der Waals surface area contributed by atoms with Gasteiger partial charge in [0.05, 0.1) is 5.39 Å². The first kappa shape index (κ1) is 12.1. The average Bonchev–Trinajstić information content (AvgIpc) is 2.56. The third-order valence-electron chi connectivity index (χ3n) is 3.96. The molecule has 0 amide bonds. The number of rotatable bonds is 2. The van der Waals surface area contributed by atoms with Crippen molar-refractivity contribution in [2.75, 3.05) is 0 Å². The van der Waals surface area contributed by atoms with Crippen LogP contribution in [-0.2, 0) is 6.54 Å². The summed E-state index contributed by atoms with van der Waals surface area (Å²) in [5.74, 6) is 0. The predicted molar refractivity (Wildman–Crippen MR) is 87.2 cm³/mol. The highest BCUT2D eigenvalue weighted by Gasteiger charge is 2.12. The maximum atomic E-state index is 2.34. The van der Waals surface area contributed by atoms with E-state index in [0.29, 0.717) is 0 Å². The topological polar surface area (TPSA) is 3.88 Å². The molecule has 1 heteroatoms. The summed E-state index contributed by atoms with van der Waals surface area (Å²) >= 11 is 0. The molecule has 0 aliphatic rings. The van der Waals surface area contributed by atoms with E-state index >= 15 is 0 Å². The van der Waals surface area contributed by atoms with Crippen LogP contribution < -0.4 is 4.57 Å². The van der Waals surface area contributed by atoms with E-state index in [1.165, 1.54) is 27.2 Å². The molecule has 0 saturated heterocycles. The minimum Gasteiger partial charge on any atom is -0.193 e. The molecule has 0 N–H and O–H groups in total. The Morgan fingerprint density at radius 2 is 1.29 bits per heavy atom. The van der Waals surface area contributed by atoms with Gasteiger partial charge in [-0.1, -0.05) is 60.7 Å². The van der Waals surface area contributed by atoms with Crippen molar-refractivity contribution in [3.05, 3.63) is 90.6 Å². The first-order valence-corrected chi connectivity index (χ1v) is 7.26. The number of nitrogens with zero attached hydrogens (tertiary/aromatic N) is 1. The Morgan fingerprint density at radius 3 is 2.14 bits per heavy atom. The smallest absolute Gasteiger partial charge is 0.193 e. The molecule has 0 fully saturated rings. The fourth-order valence-electron chi connectivity index (χ4n) is 2.96. The Hall–Kier alpha value is -2.67. The lowest BCUT2D eigenvalue weighted by molar-refractivity contribution is -0.661. The van der Waals surface area contributed by atoms with Gasteiger partial charge in [0.2, 0.25) is 5.52 Å². The van der Waals surface area contributed by atoms with Gasteiger partial charge in [-0.15, -0.1) is 0 Å². The molecular weight excluding hydrogens is 254 g/mol. The second-order valence-corrected chi connectivity index (χ2v) is 5.35. The molecule has 3 aromatic carbocycles. The fourth-order valence-corrected chi connectivity index (χ4v) is 2.96. The highest BCUT2D eigenvalue weighted by molar-refractivity contribution is 6.03. The molecule has 0 saturated carbocycles. The average molecular weight is 270 g/mol.